The average Bonchev–Trinajstić information content (AvgIpc) is 2.42. The number of hydrogen-bond donors (Lipinski definition) is 1. The Labute approximate surface area is 114 Å². The molecule has 2 N–H and O–H groups in total. The van der Waals surface area contributed by atoms with Gasteiger partial charge in [0.15, 0.2) is 0 Å². The third-order valence-electron chi connectivity index (χ3n) is 3.13. The predicted molar refractivity (Wildman–Crippen MR) is 76.6 cm³/mol. The van der Waals surface area contributed by atoms with Crippen molar-refractivity contribution in [2.24, 2.45) is 0 Å². The summed E-state index contributed by atoms with van der Waals surface area (Å²) in [6.07, 6.45) is 1.10. The molecule has 94 valence electrons. The van der Waals surface area contributed by atoms with Gasteiger partial charge in [-0.25, -0.2) is 0 Å². The standard InChI is InChI=1S/C16H18ClN/c1-2-13-7-9-14(10-8-13)11-18-12-15-5-3-4-6-16(15)17/h3-10,18H,2,11-12H2,1H3/p+1. The molecule has 1 nitrogen and oxygen atoms in total. The largest absolute Gasteiger partial charge is 0.339 e. The highest BCUT2D eigenvalue weighted by Gasteiger charge is 2.01. The molecule has 0 aliphatic rings. The van der Waals surface area contributed by atoms with E-state index in [0.29, 0.717) is 0 Å². The third kappa shape index (κ3) is 3.59. The van der Waals surface area contributed by atoms with E-state index < -0.39 is 0 Å². The highest BCUT2D eigenvalue weighted by molar-refractivity contribution is 6.31. The molecule has 2 rings (SSSR count). The SMILES string of the molecule is CCc1ccc(C[NH2+]Cc2ccccc2Cl)cc1. The third-order valence-corrected chi connectivity index (χ3v) is 3.50. The first-order valence-electron chi connectivity index (χ1n) is 6.42. The molecule has 0 spiro atoms. The van der Waals surface area contributed by atoms with Gasteiger partial charge in [0.2, 0.25) is 0 Å². The van der Waals surface area contributed by atoms with E-state index in [-0.39, 0.29) is 0 Å². The van der Waals surface area contributed by atoms with Gasteiger partial charge in [0.1, 0.15) is 13.1 Å². The first-order valence-corrected chi connectivity index (χ1v) is 6.80. The summed E-state index contributed by atoms with van der Waals surface area (Å²) in [5.41, 5.74) is 3.95. The second kappa shape index (κ2) is 6.58. The van der Waals surface area contributed by atoms with Gasteiger partial charge < -0.3 is 5.32 Å². The zero-order valence-electron chi connectivity index (χ0n) is 10.7. The number of nitrogens with two attached hydrogens (primary N) is 1. The van der Waals surface area contributed by atoms with Gasteiger partial charge >= 0.3 is 0 Å². The Hall–Kier alpha value is -1.31. The van der Waals surface area contributed by atoms with Gasteiger partial charge in [0, 0.05) is 16.1 Å². The highest BCUT2D eigenvalue weighted by atomic mass is 35.5. The maximum absolute atomic E-state index is 6.13. The van der Waals surface area contributed by atoms with Crippen LogP contribution in [0.15, 0.2) is 48.5 Å². The molecule has 0 unspecified atom stereocenters. The van der Waals surface area contributed by atoms with Gasteiger partial charge in [-0.05, 0) is 18.1 Å². The minimum atomic E-state index is 0.857. The number of quaternary nitrogens is 1. The number of halogens is 1. The van der Waals surface area contributed by atoms with Crippen molar-refractivity contribution in [2.75, 3.05) is 0 Å². The van der Waals surface area contributed by atoms with Crippen LogP contribution in [0.4, 0.5) is 0 Å². The molecule has 0 saturated carbocycles. The molecular formula is C16H19ClN+. The molecule has 0 amide bonds. The summed E-state index contributed by atoms with van der Waals surface area (Å²) < 4.78 is 0. The summed E-state index contributed by atoms with van der Waals surface area (Å²) in [6, 6.07) is 16.9. The Morgan fingerprint density at radius 2 is 1.56 bits per heavy atom. The van der Waals surface area contributed by atoms with E-state index in [0.717, 1.165) is 24.5 Å². The lowest BCUT2D eigenvalue weighted by Crippen LogP contribution is -2.80. The first kappa shape index (κ1) is 13.1. The Bertz CT molecular complexity index is 491. The van der Waals surface area contributed by atoms with Gasteiger partial charge in [-0.15, -0.1) is 0 Å². The molecule has 0 heterocycles. The maximum Gasteiger partial charge on any atom is 0.103 e. The fourth-order valence-electron chi connectivity index (χ4n) is 1.97. The maximum atomic E-state index is 6.13. The number of rotatable bonds is 5. The van der Waals surface area contributed by atoms with Crippen LogP contribution in [0.1, 0.15) is 23.6 Å². The molecule has 0 radical (unpaired) electrons. The van der Waals surface area contributed by atoms with E-state index in [2.05, 4.69) is 42.6 Å². The van der Waals surface area contributed by atoms with Crippen molar-refractivity contribution in [2.45, 2.75) is 26.4 Å². The van der Waals surface area contributed by atoms with Crippen molar-refractivity contribution in [3.8, 4) is 0 Å². The Morgan fingerprint density at radius 1 is 0.889 bits per heavy atom. The number of aryl methyl sites for hydroxylation is 1. The van der Waals surface area contributed by atoms with Crippen LogP contribution in [-0.2, 0) is 19.5 Å². The minimum absolute atomic E-state index is 0.857. The fourth-order valence-corrected chi connectivity index (χ4v) is 2.18. The molecule has 0 saturated heterocycles. The molecule has 2 heteroatoms. The fraction of sp³-hybridized carbons (Fsp3) is 0.250. The molecule has 2 aromatic carbocycles. The molecule has 0 aliphatic carbocycles. The molecular weight excluding hydrogens is 242 g/mol. The van der Waals surface area contributed by atoms with Crippen LogP contribution in [0.2, 0.25) is 5.02 Å². The van der Waals surface area contributed by atoms with E-state index in [1.165, 1.54) is 16.7 Å². The summed E-state index contributed by atoms with van der Waals surface area (Å²) in [5, 5.41) is 3.14. The highest BCUT2D eigenvalue weighted by Crippen LogP contribution is 2.13. The summed E-state index contributed by atoms with van der Waals surface area (Å²) in [6.45, 7) is 4.10. The van der Waals surface area contributed by atoms with Gasteiger partial charge in [-0.2, -0.15) is 0 Å². The second-order valence-electron chi connectivity index (χ2n) is 4.46. The summed E-state index contributed by atoms with van der Waals surface area (Å²) in [5.74, 6) is 0. The van der Waals surface area contributed by atoms with Crippen LogP contribution in [0.25, 0.3) is 0 Å². The van der Waals surface area contributed by atoms with Crippen LogP contribution in [-0.4, -0.2) is 0 Å². The zero-order chi connectivity index (χ0) is 12.8. The van der Waals surface area contributed by atoms with E-state index >= 15 is 0 Å². The quantitative estimate of drug-likeness (QED) is 0.851. The first-order chi connectivity index (χ1) is 8.79. The van der Waals surface area contributed by atoms with Gasteiger partial charge in [-0.3, -0.25) is 0 Å². The van der Waals surface area contributed by atoms with E-state index in [1.807, 2.05) is 18.2 Å². The number of benzene rings is 2. The Kier molecular flexibility index (Phi) is 4.80. The predicted octanol–water partition coefficient (Wildman–Crippen LogP) is 3.17. The van der Waals surface area contributed by atoms with Crippen molar-refractivity contribution in [1.29, 1.82) is 0 Å². The van der Waals surface area contributed by atoms with Crippen LogP contribution in [0.3, 0.4) is 0 Å². The summed E-state index contributed by atoms with van der Waals surface area (Å²) in [4.78, 5) is 0. The van der Waals surface area contributed by atoms with Gasteiger partial charge in [0.05, 0.1) is 0 Å². The molecule has 0 fully saturated rings. The Morgan fingerprint density at radius 3 is 2.22 bits per heavy atom. The lowest BCUT2D eigenvalue weighted by atomic mass is 10.1. The van der Waals surface area contributed by atoms with E-state index in [9.17, 15) is 0 Å². The molecule has 0 aliphatic heterocycles. The lowest BCUT2D eigenvalue weighted by molar-refractivity contribution is -0.686. The monoisotopic (exact) mass is 260 g/mol. The normalized spacial score (nSPS) is 10.6. The zero-order valence-corrected chi connectivity index (χ0v) is 11.5. The van der Waals surface area contributed by atoms with Gasteiger partial charge in [0.25, 0.3) is 0 Å². The lowest BCUT2D eigenvalue weighted by Gasteiger charge is -2.04. The van der Waals surface area contributed by atoms with Crippen LogP contribution < -0.4 is 5.32 Å². The van der Waals surface area contributed by atoms with E-state index in [4.69, 9.17) is 11.6 Å². The summed E-state index contributed by atoms with van der Waals surface area (Å²) >= 11 is 6.13. The van der Waals surface area contributed by atoms with Crippen molar-refractivity contribution < 1.29 is 5.32 Å². The van der Waals surface area contributed by atoms with Crippen molar-refractivity contribution in [3.05, 3.63) is 70.2 Å². The molecule has 0 atom stereocenters. The minimum Gasteiger partial charge on any atom is -0.339 e. The topological polar surface area (TPSA) is 16.6 Å². The second-order valence-corrected chi connectivity index (χ2v) is 4.87. The molecule has 0 aromatic heterocycles. The van der Waals surface area contributed by atoms with Crippen LogP contribution in [0.5, 0.6) is 0 Å². The van der Waals surface area contributed by atoms with Crippen LogP contribution in [0, 0.1) is 0 Å². The van der Waals surface area contributed by atoms with Crippen molar-refractivity contribution in [1.82, 2.24) is 0 Å². The van der Waals surface area contributed by atoms with Gasteiger partial charge in [-0.1, -0.05) is 61.0 Å². The Balaban J connectivity index is 1.86. The molecule has 0 bridgehead atoms. The number of hydrogen-bond acceptors (Lipinski definition) is 0. The van der Waals surface area contributed by atoms with Crippen LogP contribution >= 0.6 is 11.6 Å². The molecule has 2 aromatic rings. The van der Waals surface area contributed by atoms with Crippen molar-refractivity contribution in [3.63, 3.8) is 0 Å². The molecule has 18 heavy (non-hydrogen) atoms. The van der Waals surface area contributed by atoms with E-state index in [1.54, 1.807) is 0 Å². The smallest absolute Gasteiger partial charge is 0.103 e. The summed E-state index contributed by atoms with van der Waals surface area (Å²) in [7, 11) is 0. The average molecular weight is 261 g/mol. The van der Waals surface area contributed by atoms with Crippen molar-refractivity contribution >= 4 is 11.6 Å².